The van der Waals surface area contributed by atoms with Crippen molar-refractivity contribution in [2.45, 2.75) is 18.7 Å². The molecule has 1 aromatic heterocycles. The van der Waals surface area contributed by atoms with Crippen LogP contribution in [0.1, 0.15) is 12.8 Å². The highest BCUT2D eigenvalue weighted by Crippen LogP contribution is 2.19. The molecule has 0 saturated heterocycles. The number of carbonyl (C=O) groups is 1. The summed E-state index contributed by atoms with van der Waals surface area (Å²) in [6.07, 6.45) is 0. The minimum absolute atomic E-state index is 0.101. The average Bonchev–Trinajstić information content (AvgIpc) is 2.73. The van der Waals surface area contributed by atoms with E-state index in [9.17, 15) is 13.2 Å². The molecule has 0 bridgehead atoms. The highest BCUT2D eigenvalue weighted by atomic mass is 32.2. The van der Waals surface area contributed by atoms with Crippen LogP contribution in [-0.2, 0) is 14.8 Å². The van der Waals surface area contributed by atoms with Gasteiger partial charge in [-0.15, -0.1) is 0 Å². The van der Waals surface area contributed by atoms with E-state index >= 15 is 0 Å². The van der Waals surface area contributed by atoms with E-state index in [2.05, 4.69) is 15.0 Å². The molecule has 1 aromatic carbocycles. The van der Waals surface area contributed by atoms with Crippen LogP contribution in [0, 0.1) is 6.92 Å². The number of fused-ring (bicyclic) bond motifs is 1. The summed E-state index contributed by atoms with van der Waals surface area (Å²) in [6.45, 7) is 3.42. The summed E-state index contributed by atoms with van der Waals surface area (Å²) in [4.78, 5) is 14.9. The van der Waals surface area contributed by atoms with Gasteiger partial charge in [0.25, 0.3) is 0 Å². The lowest BCUT2D eigenvalue weighted by Gasteiger charge is -2.06. The smallest absolute Gasteiger partial charge is 0.240 e. The molecule has 1 amide bonds. The van der Waals surface area contributed by atoms with Crippen molar-refractivity contribution < 1.29 is 17.6 Å². The zero-order valence-corrected chi connectivity index (χ0v) is 12.0. The molecular formula is C12H15N3O4S. The van der Waals surface area contributed by atoms with Gasteiger partial charge in [-0.05, 0) is 12.1 Å². The van der Waals surface area contributed by atoms with Gasteiger partial charge in [0, 0.05) is 33.0 Å². The number of carbonyl (C=O) groups excluding carboxylic acids is 1. The van der Waals surface area contributed by atoms with Crippen molar-refractivity contribution in [2.24, 2.45) is 0 Å². The van der Waals surface area contributed by atoms with E-state index in [-0.39, 0.29) is 23.9 Å². The minimum atomic E-state index is -3.63. The molecule has 0 radical (unpaired) electrons. The first-order valence-corrected chi connectivity index (χ1v) is 7.48. The predicted octanol–water partition coefficient (Wildman–Crippen LogP) is 0.551. The maximum Gasteiger partial charge on any atom is 0.240 e. The molecule has 0 fully saturated rings. The number of hydrogen-bond donors (Lipinski definition) is 2. The summed E-state index contributed by atoms with van der Waals surface area (Å²) in [5, 5.41) is 2.51. The van der Waals surface area contributed by atoms with Crippen LogP contribution in [0.3, 0.4) is 0 Å². The van der Waals surface area contributed by atoms with E-state index in [4.69, 9.17) is 4.42 Å². The van der Waals surface area contributed by atoms with Crippen molar-refractivity contribution in [3.8, 4) is 0 Å². The molecule has 20 heavy (non-hydrogen) atoms. The van der Waals surface area contributed by atoms with Crippen molar-refractivity contribution >= 4 is 27.0 Å². The van der Waals surface area contributed by atoms with Crippen molar-refractivity contribution in [3.63, 3.8) is 0 Å². The molecular weight excluding hydrogens is 282 g/mol. The van der Waals surface area contributed by atoms with Crippen LogP contribution in [0.2, 0.25) is 0 Å². The van der Waals surface area contributed by atoms with Crippen LogP contribution in [0.5, 0.6) is 0 Å². The Kier molecular flexibility index (Phi) is 4.05. The fourth-order valence-corrected chi connectivity index (χ4v) is 2.74. The first-order chi connectivity index (χ1) is 9.38. The van der Waals surface area contributed by atoms with Gasteiger partial charge in [-0.3, -0.25) is 4.79 Å². The van der Waals surface area contributed by atoms with Crippen LogP contribution in [0.4, 0.5) is 0 Å². The molecule has 8 heteroatoms. The fraction of sp³-hybridized carbons (Fsp3) is 0.333. The van der Waals surface area contributed by atoms with Gasteiger partial charge in [0.2, 0.25) is 15.9 Å². The van der Waals surface area contributed by atoms with Crippen LogP contribution < -0.4 is 10.0 Å². The normalized spacial score (nSPS) is 11.7. The SMILES string of the molecule is CC(=O)NCCNS(=O)(=O)c1ccc2nc(C)oc2c1. The second-order valence-electron chi connectivity index (χ2n) is 4.24. The van der Waals surface area contributed by atoms with E-state index in [0.717, 1.165) is 0 Å². The summed E-state index contributed by atoms with van der Waals surface area (Å²) >= 11 is 0. The largest absolute Gasteiger partial charge is 0.441 e. The molecule has 0 saturated carbocycles. The number of nitrogens with zero attached hydrogens (tertiary/aromatic N) is 1. The second kappa shape index (κ2) is 5.59. The number of nitrogens with one attached hydrogen (secondary N) is 2. The van der Waals surface area contributed by atoms with Crippen LogP contribution in [-0.4, -0.2) is 32.4 Å². The van der Waals surface area contributed by atoms with Gasteiger partial charge in [-0.2, -0.15) is 0 Å². The summed E-state index contributed by atoms with van der Waals surface area (Å²) in [5.74, 6) is 0.274. The summed E-state index contributed by atoms with van der Waals surface area (Å²) < 4.78 is 31.8. The number of aromatic nitrogens is 1. The first kappa shape index (κ1) is 14.5. The monoisotopic (exact) mass is 297 g/mol. The number of aryl methyl sites for hydroxylation is 1. The molecule has 7 nitrogen and oxygen atoms in total. The molecule has 0 aliphatic carbocycles. The van der Waals surface area contributed by atoms with Crippen molar-refractivity contribution in [1.82, 2.24) is 15.0 Å². The van der Waals surface area contributed by atoms with Crippen molar-refractivity contribution in [1.29, 1.82) is 0 Å². The number of rotatable bonds is 5. The molecule has 0 atom stereocenters. The van der Waals surface area contributed by atoms with Crippen molar-refractivity contribution in [3.05, 3.63) is 24.1 Å². The Balaban J connectivity index is 2.12. The molecule has 1 heterocycles. The minimum Gasteiger partial charge on any atom is -0.441 e. The highest BCUT2D eigenvalue weighted by Gasteiger charge is 2.15. The molecule has 2 aromatic rings. The topological polar surface area (TPSA) is 101 Å². The summed E-state index contributed by atoms with van der Waals surface area (Å²) in [5.41, 5.74) is 1.03. The number of sulfonamides is 1. The van der Waals surface area contributed by atoms with Crippen molar-refractivity contribution in [2.75, 3.05) is 13.1 Å². The van der Waals surface area contributed by atoms with Gasteiger partial charge in [0.15, 0.2) is 11.5 Å². The number of oxazole rings is 1. The quantitative estimate of drug-likeness (QED) is 0.785. The third-order valence-electron chi connectivity index (χ3n) is 2.57. The molecule has 0 spiro atoms. The fourth-order valence-electron chi connectivity index (χ4n) is 1.69. The Bertz CT molecular complexity index is 736. The molecule has 2 N–H and O–H groups in total. The summed E-state index contributed by atoms with van der Waals surface area (Å²) in [7, 11) is -3.63. The third-order valence-corrected chi connectivity index (χ3v) is 4.03. The van der Waals surface area contributed by atoms with Gasteiger partial charge < -0.3 is 9.73 Å². The van der Waals surface area contributed by atoms with Gasteiger partial charge >= 0.3 is 0 Å². The van der Waals surface area contributed by atoms with Gasteiger partial charge in [0.05, 0.1) is 4.90 Å². The van der Waals surface area contributed by atoms with E-state index in [0.29, 0.717) is 17.0 Å². The lowest BCUT2D eigenvalue weighted by Crippen LogP contribution is -2.33. The number of benzene rings is 1. The maximum atomic E-state index is 12.0. The van der Waals surface area contributed by atoms with E-state index in [1.807, 2.05) is 0 Å². The van der Waals surface area contributed by atoms with E-state index < -0.39 is 10.0 Å². The predicted molar refractivity (Wildman–Crippen MR) is 72.6 cm³/mol. The molecule has 0 unspecified atom stereocenters. The molecule has 0 aliphatic rings. The van der Waals surface area contributed by atoms with Crippen LogP contribution in [0.25, 0.3) is 11.1 Å². The maximum absolute atomic E-state index is 12.0. The molecule has 108 valence electrons. The number of amides is 1. The van der Waals surface area contributed by atoms with Gasteiger partial charge in [-0.1, -0.05) is 0 Å². The number of hydrogen-bond acceptors (Lipinski definition) is 5. The Morgan fingerprint density at radius 1 is 1.35 bits per heavy atom. The third kappa shape index (κ3) is 3.34. The van der Waals surface area contributed by atoms with E-state index in [1.165, 1.54) is 19.1 Å². The standard InChI is InChI=1S/C12H15N3O4S/c1-8(16)13-5-6-14-20(17,18)10-3-4-11-12(7-10)19-9(2)15-11/h3-4,7,14H,5-6H2,1-2H3,(H,13,16). The molecule has 0 aliphatic heterocycles. The second-order valence-corrected chi connectivity index (χ2v) is 6.01. The molecule has 2 rings (SSSR count). The van der Waals surface area contributed by atoms with Crippen LogP contribution in [0.15, 0.2) is 27.5 Å². The van der Waals surface area contributed by atoms with Gasteiger partial charge in [-0.25, -0.2) is 18.1 Å². The zero-order chi connectivity index (χ0) is 14.8. The Labute approximate surface area is 116 Å². The summed E-state index contributed by atoms with van der Waals surface area (Å²) in [6, 6.07) is 4.48. The Hall–Kier alpha value is -1.93. The van der Waals surface area contributed by atoms with Crippen LogP contribution >= 0.6 is 0 Å². The van der Waals surface area contributed by atoms with E-state index in [1.54, 1.807) is 13.0 Å². The Morgan fingerprint density at radius 2 is 2.10 bits per heavy atom. The lowest BCUT2D eigenvalue weighted by atomic mass is 10.3. The first-order valence-electron chi connectivity index (χ1n) is 6.00. The Morgan fingerprint density at radius 3 is 2.80 bits per heavy atom. The highest BCUT2D eigenvalue weighted by molar-refractivity contribution is 7.89. The van der Waals surface area contributed by atoms with Gasteiger partial charge in [0.1, 0.15) is 5.52 Å². The zero-order valence-electron chi connectivity index (χ0n) is 11.1. The lowest BCUT2D eigenvalue weighted by molar-refractivity contribution is -0.118. The average molecular weight is 297 g/mol.